The van der Waals surface area contributed by atoms with Gasteiger partial charge in [-0.2, -0.15) is 0 Å². The molecule has 31 heavy (non-hydrogen) atoms. The lowest BCUT2D eigenvalue weighted by Crippen LogP contribution is -2.07. The first kappa shape index (κ1) is 21.1. The van der Waals surface area contributed by atoms with Crippen LogP contribution in [0.2, 0.25) is 0 Å². The largest absolute Gasteiger partial charge is 0.486 e. The molecule has 0 aliphatic heterocycles. The molecule has 0 unspecified atom stereocenters. The number of aromatic nitrogens is 6. The third kappa shape index (κ3) is 5.31. The van der Waals surface area contributed by atoms with Gasteiger partial charge >= 0.3 is 0 Å². The van der Waals surface area contributed by atoms with Gasteiger partial charge in [-0.25, -0.2) is 4.98 Å². The fraction of sp³-hybridized carbons (Fsp3) is 0.273. The maximum absolute atomic E-state index is 5.83. The van der Waals surface area contributed by atoms with Gasteiger partial charge in [-0.3, -0.25) is 9.55 Å². The van der Waals surface area contributed by atoms with Gasteiger partial charge in [0.25, 0.3) is 0 Å². The van der Waals surface area contributed by atoms with E-state index in [0.29, 0.717) is 19.8 Å². The molecule has 0 aliphatic rings. The molecular weight excluding hydrogens is 412 g/mol. The van der Waals surface area contributed by atoms with Crippen LogP contribution in [0.3, 0.4) is 0 Å². The molecule has 3 aromatic heterocycles. The predicted octanol–water partition coefficient (Wildman–Crippen LogP) is 3.59. The number of aryl methyl sites for hydroxylation is 1. The maximum Gasteiger partial charge on any atom is 0.191 e. The SMILES string of the molecule is COCCn1c(SCc2ccc(OCc3nccn3C)cc2)nnc1-c1ccncc1. The summed E-state index contributed by atoms with van der Waals surface area (Å²) in [6.45, 7) is 1.72. The van der Waals surface area contributed by atoms with E-state index in [4.69, 9.17) is 9.47 Å². The van der Waals surface area contributed by atoms with Gasteiger partial charge in [0.05, 0.1) is 13.2 Å². The van der Waals surface area contributed by atoms with E-state index in [1.165, 1.54) is 5.56 Å². The number of imidazole rings is 1. The standard InChI is InChI=1S/C22H24N6O2S/c1-27-12-11-24-20(27)15-30-19-5-3-17(4-6-19)16-31-22-26-25-21(28(22)13-14-29-2)18-7-9-23-10-8-18/h3-12H,13-16H2,1-2H3. The number of hydrogen-bond donors (Lipinski definition) is 0. The van der Waals surface area contributed by atoms with E-state index in [9.17, 15) is 0 Å². The minimum Gasteiger partial charge on any atom is -0.486 e. The van der Waals surface area contributed by atoms with Crippen molar-refractivity contribution in [1.29, 1.82) is 0 Å². The van der Waals surface area contributed by atoms with Gasteiger partial charge in [-0.1, -0.05) is 23.9 Å². The van der Waals surface area contributed by atoms with Crippen molar-refractivity contribution in [3.8, 4) is 17.1 Å². The second-order valence-corrected chi connectivity index (χ2v) is 7.80. The summed E-state index contributed by atoms with van der Waals surface area (Å²) in [4.78, 5) is 8.35. The summed E-state index contributed by atoms with van der Waals surface area (Å²) in [7, 11) is 3.65. The summed E-state index contributed by atoms with van der Waals surface area (Å²) in [5, 5.41) is 9.67. The molecule has 3 heterocycles. The predicted molar refractivity (Wildman–Crippen MR) is 119 cm³/mol. The van der Waals surface area contributed by atoms with E-state index in [2.05, 4.69) is 36.9 Å². The van der Waals surface area contributed by atoms with Crippen molar-refractivity contribution in [1.82, 2.24) is 29.3 Å². The summed E-state index contributed by atoms with van der Waals surface area (Å²) < 4.78 is 15.1. The Morgan fingerprint density at radius 1 is 1.00 bits per heavy atom. The Kier molecular flexibility index (Phi) is 6.96. The third-order valence-electron chi connectivity index (χ3n) is 4.75. The number of pyridine rings is 1. The molecule has 4 rings (SSSR count). The number of ether oxygens (including phenoxy) is 2. The van der Waals surface area contributed by atoms with Crippen LogP contribution in [0, 0.1) is 0 Å². The Bertz CT molecular complexity index is 1090. The smallest absolute Gasteiger partial charge is 0.191 e. The van der Waals surface area contributed by atoms with E-state index in [1.54, 1.807) is 37.5 Å². The molecule has 0 spiro atoms. The number of thioether (sulfide) groups is 1. The van der Waals surface area contributed by atoms with Crippen molar-refractivity contribution in [3.63, 3.8) is 0 Å². The zero-order chi connectivity index (χ0) is 21.5. The molecule has 4 aromatic rings. The molecule has 1 aromatic carbocycles. The van der Waals surface area contributed by atoms with Crippen LogP contribution in [0.5, 0.6) is 5.75 Å². The van der Waals surface area contributed by atoms with E-state index in [0.717, 1.165) is 33.9 Å². The van der Waals surface area contributed by atoms with E-state index >= 15 is 0 Å². The second-order valence-electron chi connectivity index (χ2n) is 6.86. The van der Waals surface area contributed by atoms with Gasteiger partial charge in [0.15, 0.2) is 11.0 Å². The molecular formula is C22H24N6O2S. The van der Waals surface area contributed by atoms with Crippen LogP contribution >= 0.6 is 11.8 Å². The first-order valence-corrected chi connectivity index (χ1v) is 10.9. The molecule has 0 aliphatic carbocycles. The minimum absolute atomic E-state index is 0.442. The van der Waals surface area contributed by atoms with Crippen LogP contribution in [0.4, 0.5) is 0 Å². The topological polar surface area (TPSA) is 79.9 Å². The van der Waals surface area contributed by atoms with Gasteiger partial charge in [0.1, 0.15) is 18.2 Å². The van der Waals surface area contributed by atoms with Crippen LogP contribution in [-0.4, -0.2) is 43.0 Å². The highest BCUT2D eigenvalue weighted by Gasteiger charge is 2.14. The minimum atomic E-state index is 0.442. The van der Waals surface area contributed by atoms with Gasteiger partial charge in [0, 0.05) is 50.3 Å². The average molecular weight is 437 g/mol. The zero-order valence-electron chi connectivity index (χ0n) is 17.5. The van der Waals surface area contributed by atoms with E-state index in [-0.39, 0.29) is 0 Å². The summed E-state index contributed by atoms with van der Waals surface area (Å²) in [6, 6.07) is 12.0. The van der Waals surface area contributed by atoms with Crippen LogP contribution in [0.15, 0.2) is 66.3 Å². The molecule has 0 bridgehead atoms. The van der Waals surface area contributed by atoms with Crippen molar-refractivity contribution in [2.75, 3.05) is 13.7 Å². The van der Waals surface area contributed by atoms with Gasteiger partial charge in [0.2, 0.25) is 0 Å². The molecule has 0 saturated heterocycles. The molecule has 0 saturated carbocycles. The highest BCUT2D eigenvalue weighted by molar-refractivity contribution is 7.98. The second kappa shape index (κ2) is 10.2. The quantitative estimate of drug-likeness (QED) is 0.352. The fourth-order valence-corrected chi connectivity index (χ4v) is 3.93. The molecule has 0 N–H and O–H groups in total. The van der Waals surface area contributed by atoms with Crippen molar-refractivity contribution >= 4 is 11.8 Å². The monoisotopic (exact) mass is 436 g/mol. The number of methoxy groups -OCH3 is 1. The third-order valence-corrected chi connectivity index (χ3v) is 5.79. The first-order chi connectivity index (χ1) is 15.2. The number of benzene rings is 1. The maximum atomic E-state index is 5.83. The Balaban J connectivity index is 1.40. The molecule has 0 fully saturated rings. The van der Waals surface area contributed by atoms with Gasteiger partial charge in [-0.05, 0) is 29.8 Å². The Labute approximate surface area is 185 Å². The highest BCUT2D eigenvalue weighted by atomic mass is 32.2. The van der Waals surface area contributed by atoms with Crippen LogP contribution in [0.1, 0.15) is 11.4 Å². The zero-order valence-corrected chi connectivity index (χ0v) is 18.3. The normalized spacial score (nSPS) is 11.0. The average Bonchev–Trinajstić information content (AvgIpc) is 3.41. The lowest BCUT2D eigenvalue weighted by molar-refractivity contribution is 0.185. The van der Waals surface area contributed by atoms with E-state index < -0.39 is 0 Å². The Hall–Kier alpha value is -3.17. The summed E-state index contributed by atoms with van der Waals surface area (Å²) in [5.41, 5.74) is 2.17. The van der Waals surface area contributed by atoms with Crippen molar-refractivity contribution in [2.24, 2.45) is 7.05 Å². The van der Waals surface area contributed by atoms with Crippen molar-refractivity contribution in [2.45, 2.75) is 24.1 Å². The summed E-state index contributed by atoms with van der Waals surface area (Å²) >= 11 is 1.65. The fourth-order valence-electron chi connectivity index (χ4n) is 3.01. The summed E-state index contributed by atoms with van der Waals surface area (Å²) in [5.74, 6) is 3.31. The van der Waals surface area contributed by atoms with Crippen molar-refractivity contribution < 1.29 is 9.47 Å². The van der Waals surface area contributed by atoms with Crippen molar-refractivity contribution in [3.05, 3.63) is 72.6 Å². The van der Waals surface area contributed by atoms with Crippen LogP contribution in [-0.2, 0) is 30.7 Å². The van der Waals surface area contributed by atoms with Gasteiger partial charge in [-0.15, -0.1) is 10.2 Å². The Morgan fingerprint density at radius 3 is 2.52 bits per heavy atom. The molecule has 9 heteroatoms. The van der Waals surface area contributed by atoms with Crippen LogP contribution < -0.4 is 4.74 Å². The molecule has 0 radical (unpaired) electrons. The highest BCUT2D eigenvalue weighted by Crippen LogP contribution is 2.27. The molecule has 8 nitrogen and oxygen atoms in total. The molecule has 0 atom stereocenters. The number of hydrogen-bond acceptors (Lipinski definition) is 7. The van der Waals surface area contributed by atoms with Crippen LogP contribution in [0.25, 0.3) is 11.4 Å². The van der Waals surface area contributed by atoms with E-state index in [1.807, 2.05) is 42.1 Å². The first-order valence-electron chi connectivity index (χ1n) is 9.88. The number of rotatable bonds is 10. The molecule has 160 valence electrons. The number of nitrogens with zero attached hydrogens (tertiary/aromatic N) is 6. The van der Waals surface area contributed by atoms with Gasteiger partial charge < -0.3 is 14.0 Å². The summed E-state index contributed by atoms with van der Waals surface area (Å²) in [6.07, 6.45) is 7.19. The lowest BCUT2D eigenvalue weighted by Gasteiger charge is -2.10. The molecule has 0 amide bonds. The Morgan fingerprint density at radius 2 is 1.81 bits per heavy atom. The lowest BCUT2D eigenvalue weighted by atomic mass is 10.2.